The van der Waals surface area contributed by atoms with E-state index >= 15 is 0 Å². The summed E-state index contributed by atoms with van der Waals surface area (Å²) in [6.07, 6.45) is 0. The summed E-state index contributed by atoms with van der Waals surface area (Å²) in [6, 6.07) is 10.7. The van der Waals surface area contributed by atoms with Crippen LogP contribution in [0.3, 0.4) is 0 Å². The summed E-state index contributed by atoms with van der Waals surface area (Å²) in [5.74, 6) is 1.16. The van der Waals surface area contributed by atoms with Crippen molar-refractivity contribution in [3.8, 4) is 11.5 Å². The normalized spacial score (nSPS) is 11.5. The topological polar surface area (TPSA) is 59.6 Å². The zero-order valence-electron chi connectivity index (χ0n) is 14.1. The van der Waals surface area contributed by atoms with Gasteiger partial charge in [0.05, 0.1) is 14.2 Å². The van der Waals surface area contributed by atoms with Crippen LogP contribution in [-0.2, 0) is 4.79 Å². The van der Waals surface area contributed by atoms with E-state index in [1.807, 2.05) is 50.2 Å². The summed E-state index contributed by atoms with van der Waals surface area (Å²) in [7, 11) is 3.18. The van der Waals surface area contributed by atoms with Crippen LogP contribution in [0.25, 0.3) is 0 Å². The highest BCUT2D eigenvalue weighted by atomic mass is 79.9. The van der Waals surface area contributed by atoms with Gasteiger partial charge in [-0.1, -0.05) is 15.9 Å². The summed E-state index contributed by atoms with van der Waals surface area (Å²) in [5, 5.41) is 6.09. The Kier molecular flexibility index (Phi) is 6.09. The van der Waals surface area contributed by atoms with Crippen molar-refractivity contribution in [2.45, 2.75) is 19.9 Å². The van der Waals surface area contributed by atoms with E-state index in [2.05, 4.69) is 26.6 Å². The Morgan fingerprint density at radius 2 is 1.67 bits per heavy atom. The Bertz CT molecular complexity index is 717. The minimum absolute atomic E-state index is 0.119. The van der Waals surface area contributed by atoms with Gasteiger partial charge >= 0.3 is 0 Å². The highest BCUT2D eigenvalue weighted by Gasteiger charge is 2.16. The molecule has 2 rings (SSSR count). The molecule has 0 aromatic heterocycles. The molecule has 0 unspecified atom stereocenters. The van der Waals surface area contributed by atoms with Crippen LogP contribution in [0, 0.1) is 6.92 Å². The monoisotopic (exact) mass is 392 g/mol. The number of carbonyl (C=O) groups excluding carboxylic acids is 1. The molecule has 0 spiro atoms. The van der Waals surface area contributed by atoms with Gasteiger partial charge in [-0.2, -0.15) is 0 Å². The second-order valence-electron chi connectivity index (χ2n) is 5.38. The van der Waals surface area contributed by atoms with E-state index in [0.29, 0.717) is 11.5 Å². The van der Waals surface area contributed by atoms with E-state index in [-0.39, 0.29) is 5.91 Å². The quantitative estimate of drug-likeness (QED) is 0.772. The molecule has 0 saturated heterocycles. The average Bonchev–Trinajstić information content (AvgIpc) is 2.58. The zero-order valence-corrected chi connectivity index (χ0v) is 15.7. The van der Waals surface area contributed by atoms with Crippen molar-refractivity contribution in [2.75, 3.05) is 24.9 Å². The maximum atomic E-state index is 12.3. The second-order valence-corrected chi connectivity index (χ2v) is 6.30. The van der Waals surface area contributed by atoms with Crippen molar-refractivity contribution in [1.82, 2.24) is 0 Å². The Hall–Kier alpha value is -2.21. The first-order valence-electron chi connectivity index (χ1n) is 7.50. The number of hydrogen-bond acceptors (Lipinski definition) is 4. The lowest BCUT2D eigenvalue weighted by atomic mass is 10.1. The molecule has 0 heterocycles. The van der Waals surface area contributed by atoms with E-state index < -0.39 is 6.04 Å². The Labute approximate surface area is 150 Å². The van der Waals surface area contributed by atoms with Crippen LogP contribution >= 0.6 is 15.9 Å². The number of halogens is 1. The van der Waals surface area contributed by atoms with Crippen LogP contribution in [0.4, 0.5) is 11.4 Å². The molecule has 24 heavy (non-hydrogen) atoms. The number of nitrogens with one attached hydrogen (secondary N) is 2. The number of aryl methyl sites for hydroxylation is 1. The van der Waals surface area contributed by atoms with Crippen LogP contribution < -0.4 is 20.1 Å². The predicted octanol–water partition coefficient (Wildman–Crippen LogP) is 4.21. The van der Waals surface area contributed by atoms with Crippen LogP contribution in [0.15, 0.2) is 40.9 Å². The van der Waals surface area contributed by atoms with Crippen molar-refractivity contribution in [2.24, 2.45) is 0 Å². The number of rotatable bonds is 6. The van der Waals surface area contributed by atoms with Crippen molar-refractivity contribution < 1.29 is 14.3 Å². The molecule has 0 aliphatic carbocycles. The van der Waals surface area contributed by atoms with Crippen LogP contribution in [0.1, 0.15) is 12.5 Å². The molecule has 0 aliphatic heterocycles. The first-order chi connectivity index (χ1) is 11.4. The molecule has 1 atom stereocenters. The molecule has 0 aliphatic rings. The average molecular weight is 393 g/mol. The first-order valence-corrected chi connectivity index (χ1v) is 8.29. The van der Waals surface area contributed by atoms with Gasteiger partial charge in [0.1, 0.15) is 6.04 Å². The highest BCUT2D eigenvalue weighted by Crippen LogP contribution is 2.33. The SMILES string of the molecule is COc1cc(C)c(N[C@@H](C)C(=O)Nc2ccc(Br)cc2)cc1OC. The molecular formula is C18H21BrN2O3. The first kappa shape index (κ1) is 18.1. The van der Waals surface area contributed by atoms with E-state index in [9.17, 15) is 4.79 Å². The van der Waals surface area contributed by atoms with Crippen molar-refractivity contribution in [3.05, 3.63) is 46.4 Å². The third-order valence-corrected chi connectivity index (χ3v) is 4.14. The van der Waals surface area contributed by atoms with E-state index in [1.165, 1.54) is 0 Å². The molecule has 0 radical (unpaired) electrons. The van der Waals surface area contributed by atoms with Gasteiger partial charge in [-0.3, -0.25) is 4.79 Å². The lowest BCUT2D eigenvalue weighted by Crippen LogP contribution is -2.32. The lowest BCUT2D eigenvalue weighted by Gasteiger charge is -2.19. The van der Waals surface area contributed by atoms with Crippen molar-refractivity contribution in [1.29, 1.82) is 0 Å². The standard InChI is InChI=1S/C18H21BrN2O3/c1-11-9-16(23-3)17(24-4)10-15(11)20-12(2)18(22)21-14-7-5-13(19)6-8-14/h5-10,12,20H,1-4H3,(H,21,22)/t12-/m0/s1. The number of benzene rings is 2. The van der Waals surface area contributed by atoms with Gasteiger partial charge in [0.15, 0.2) is 11.5 Å². The van der Waals surface area contributed by atoms with Gasteiger partial charge in [-0.25, -0.2) is 0 Å². The number of amides is 1. The van der Waals surface area contributed by atoms with Gasteiger partial charge < -0.3 is 20.1 Å². The molecule has 0 bridgehead atoms. The van der Waals surface area contributed by atoms with Crippen molar-refractivity contribution >= 4 is 33.2 Å². The van der Waals surface area contributed by atoms with Crippen LogP contribution in [0.5, 0.6) is 11.5 Å². The maximum absolute atomic E-state index is 12.3. The minimum Gasteiger partial charge on any atom is -0.493 e. The maximum Gasteiger partial charge on any atom is 0.246 e. The number of hydrogen-bond donors (Lipinski definition) is 2. The smallest absolute Gasteiger partial charge is 0.246 e. The summed E-state index contributed by atoms with van der Waals surface area (Å²) >= 11 is 3.37. The van der Waals surface area contributed by atoms with Gasteiger partial charge in [0.2, 0.25) is 5.91 Å². The molecule has 128 valence electrons. The van der Waals surface area contributed by atoms with Crippen LogP contribution in [-0.4, -0.2) is 26.2 Å². The molecule has 0 saturated carbocycles. The van der Waals surface area contributed by atoms with Gasteiger partial charge in [-0.05, 0) is 49.7 Å². The highest BCUT2D eigenvalue weighted by molar-refractivity contribution is 9.10. The molecular weight excluding hydrogens is 372 g/mol. The lowest BCUT2D eigenvalue weighted by molar-refractivity contribution is -0.116. The summed E-state index contributed by atoms with van der Waals surface area (Å²) in [5.41, 5.74) is 2.54. The van der Waals surface area contributed by atoms with Crippen molar-refractivity contribution in [3.63, 3.8) is 0 Å². The fourth-order valence-electron chi connectivity index (χ4n) is 2.22. The minimum atomic E-state index is -0.412. The molecule has 2 aromatic rings. The van der Waals surface area contributed by atoms with E-state index in [0.717, 1.165) is 21.4 Å². The fraction of sp³-hybridized carbons (Fsp3) is 0.278. The number of anilines is 2. The largest absolute Gasteiger partial charge is 0.493 e. The van der Waals surface area contributed by atoms with E-state index in [4.69, 9.17) is 9.47 Å². The Morgan fingerprint density at radius 3 is 2.25 bits per heavy atom. The summed E-state index contributed by atoms with van der Waals surface area (Å²) in [6.45, 7) is 3.76. The van der Waals surface area contributed by atoms with Crippen LogP contribution in [0.2, 0.25) is 0 Å². The van der Waals surface area contributed by atoms with Gasteiger partial charge in [0.25, 0.3) is 0 Å². The Balaban J connectivity index is 2.09. The third kappa shape index (κ3) is 4.41. The number of carbonyl (C=O) groups is 1. The fourth-order valence-corrected chi connectivity index (χ4v) is 2.48. The number of ether oxygens (including phenoxy) is 2. The van der Waals surface area contributed by atoms with Gasteiger partial charge in [-0.15, -0.1) is 0 Å². The summed E-state index contributed by atoms with van der Waals surface area (Å²) in [4.78, 5) is 12.3. The van der Waals surface area contributed by atoms with E-state index in [1.54, 1.807) is 14.2 Å². The molecule has 5 nitrogen and oxygen atoms in total. The Morgan fingerprint density at radius 1 is 1.08 bits per heavy atom. The molecule has 2 N–H and O–H groups in total. The second kappa shape index (κ2) is 8.06. The number of methoxy groups -OCH3 is 2. The zero-order chi connectivity index (χ0) is 17.7. The van der Waals surface area contributed by atoms with Gasteiger partial charge in [0, 0.05) is 21.9 Å². The third-order valence-electron chi connectivity index (χ3n) is 3.61. The molecule has 1 amide bonds. The molecule has 2 aromatic carbocycles. The predicted molar refractivity (Wildman–Crippen MR) is 100 cm³/mol. The molecule has 0 fully saturated rings. The molecule has 6 heteroatoms. The summed E-state index contributed by atoms with van der Waals surface area (Å²) < 4.78 is 11.6.